The summed E-state index contributed by atoms with van der Waals surface area (Å²) in [4.78, 5) is 5.34. The zero-order valence-electron chi connectivity index (χ0n) is 10.7. The summed E-state index contributed by atoms with van der Waals surface area (Å²) in [5, 5.41) is 0. The fourth-order valence-electron chi connectivity index (χ4n) is 1.60. The second-order valence-corrected chi connectivity index (χ2v) is 4.57. The number of hydrogen-bond acceptors (Lipinski definition) is 3. The Morgan fingerprint density at radius 2 is 1.89 bits per heavy atom. The van der Waals surface area contributed by atoms with Crippen LogP contribution in [0.15, 0.2) is 18.3 Å². The van der Waals surface area contributed by atoms with Crippen molar-refractivity contribution in [3.8, 4) is 0 Å². The van der Waals surface area contributed by atoms with Crippen molar-refractivity contribution in [2.75, 3.05) is 11.4 Å². The molecule has 1 rings (SSSR count). The summed E-state index contributed by atoms with van der Waals surface area (Å²) >= 11 is 0. The summed E-state index contributed by atoms with van der Waals surface area (Å²) in [6.07, 6.45) is -2.80. The standard InChI is InChI=1S/C12H18F3N3/c1-8(2)18(7-12(13,14)15)10-4-5-11(9(3)16)17-6-10/h4-6,8-9H,7,16H2,1-3H3/t9-/m1/s1. The molecule has 1 atom stereocenters. The molecule has 1 aromatic heterocycles. The molecule has 0 saturated carbocycles. The van der Waals surface area contributed by atoms with E-state index >= 15 is 0 Å². The molecule has 0 saturated heterocycles. The molecule has 1 aromatic rings. The first-order chi connectivity index (χ1) is 8.20. The van der Waals surface area contributed by atoms with Gasteiger partial charge in [0.15, 0.2) is 0 Å². The molecule has 102 valence electrons. The molecule has 0 aromatic carbocycles. The second-order valence-electron chi connectivity index (χ2n) is 4.57. The highest BCUT2D eigenvalue weighted by molar-refractivity contribution is 5.45. The summed E-state index contributed by atoms with van der Waals surface area (Å²) in [5.74, 6) is 0. The molecule has 3 nitrogen and oxygen atoms in total. The topological polar surface area (TPSA) is 42.1 Å². The molecule has 0 radical (unpaired) electrons. The van der Waals surface area contributed by atoms with E-state index in [0.29, 0.717) is 11.4 Å². The average Bonchev–Trinajstić information content (AvgIpc) is 2.24. The van der Waals surface area contributed by atoms with Crippen LogP contribution in [0, 0.1) is 0 Å². The van der Waals surface area contributed by atoms with E-state index in [-0.39, 0.29) is 12.1 Å². The van der Waals surface area contributed by atoms with E-state index in [4.69, 9.17) is 5.73 Å². The van der Waals surface area contributed by atoms with Gasteiger partial charge in [-0.05, 0) is 32.9 Å². The van der Waals surface area contributed by atoms with E-state index in [1.54, 1.807) is 32.9 Å². The third-order valence-electron chi connectivity index (χ3n) is 2.54. The minimum atomic E-state index is -4.23. The van der Waals surface area contributed by atoms with E-state index in [1.807, 2.05) is 0 Å². The molecule has 6 heteroatoms. The number of rotatable bonds is 4. The Hall–Kier alpha value is -1.30. The van der Waals surface area contributed by atoms with Crippen LogP contribution < -0.4 is 10.6 Å². The van der Waals surface area contributed by atoms with Crippen LogP contribution in [0.3, 0.4) is 0 Å². The highest BCUT2D eigenvalue weighted by Crippen LogP contribution is 2.24. The Morgan fingerprint density at radius 3 is 2.22 bits per heavy atom. The van der Waals surface area contributed by atoms with Crippen molar-refractivity contribution in [2.45, 2.75) is 39.0 Å². The number of alkyl halides is 3. The first kappa shape index (κ1) is 14.8. The van der Waals surface area contributed by atoms with Crippen LogP contribution in [0.1, 0.15) is 32.5 Å². The summed E-state index contributed by atoms with van der Waals surface area (Å²) in [7, 11) is 0. The lowest BCUT2D eigenvalue weighted by atomic mass is 10.2. The molecular weight excluding hydrogens is 243 g/mol. The van der Waals surface area contributed by atoms with Gasteiger partial charge in [0.2, 0.25) is 0 Å². The van der Waals surface area contributed by atoms with Crippen LogP contribution >= 0.6 is 0 Å². The van der Waals surface area contributed by atoms with Crippen molar-refractivity contribution in [1.29, 1.82) is 0 Å². The molecule has 0 unspecified atom stereocenters. The largest absolute Gasteiger partial charge is 0.405 e. The Kier molecular flexibility index (Phi) is 4.56. The third kappa shape index (κ3) is 4.18. The maximum absolute atomic E-state index is 12.5. The maximum Gasteiger partial charge on any atom is 0.405 e. The van der Waals surface area contributed by atoms with Gasteiger partial charge in [-0.3, -0.25) is 4.98 Å². The molecule has 0 spiro atoms. The number of hydrogen-bond donors (Lipinski definition) is 1. The van der Waals surface area contributed by atoms with Crippen LogP contribution in [0.2, 0.25) is 0 Å². The third-order valence-corrected chi connectivity index (χ3v) is 2.54. The summed E-state index contributed by atoms with van der Waals surface area (Å²) in [6.45, 7) is 4.22. The molecule has 0 aliphatic heterocycles. The molecule has 0 bridgehead atoms. The minimum absolute atomic E-state index is 0.228. The molecule has 2 N–H and O–H groups in total. The number of aromatic nitrogens is 1. The second kappa shape index (κ2) is 5.56. The highest BCUT2D eigenvalue weighted by Gasteiger charge is 2.32. The smallest absolute Gasteiger partial charge is 0.359 e. The van der Waals surface area contributed by atoms with E-state index in [9.17, 15) is 13.2 Å². The van der Waals surface area contributed by atoms with Crippen molar-refractivity contribution in [3.63, 3.8) is 0 Å². The first-order valence-electron chi connectivity index (χ1n) is 5.75. The van der Waals surface area contributed by atoms with Gasteiger partial charge >= 0.3 is 6.18 Å². The van der Waals surface area contributed by atoms with Gasteiger partial charge in [-0.25, -0.2) is 0 Å². The predicted octanol–water partition coefficient (Wildman–Crippen LogP) is 2.88. The van der Waals surface area contributed by atoms with Crippen molar-refractivity contribution in [1.82, 2.24) is 4.98 Å². The molecule has 0 aliphatic rings. The quantitative estimate of drug-likeness (QED) is 0.906. The van der Waals surface area contributed by atoms with E-state index in [1.165, 1.54) is 11.1 Å². The number of anilines is 1. The van der Waals surface area contributed by atoms with Crippen LogP contribution in [-0.2, 0) is 0 Å². The summed E-state index contributed by atoms with van der Waals surface area (Å²) in [6, 6.07) is 2.80. The average molecular weight is 261 g/mol. The van der Waals surface area contributed by atoms with Gasteiger partial charge in [0.1, 0.15) is 6.54 Å². The van der Waals surface area contributed by atoms with Gasteiger partial charge in [-0.1, -0.05) is 0 Å². The van der Waals surface area contributed by atoms with Crippen molar-refractivity contribution in [3.05, 3.63) is 24.0 Å². The van der Waals surface area contributed by atoms with E-state index in [2.05, 4.69) is 4.98 Å². The Labute approximate surface area is 105 Å². The molecule has 18 heavy (non-hydrogen) atoms. The zero-order chi connectivity index (χ0) is 13.9. The lowest BCUT2D eigenvalue weighted by Crippen LogP contribution is -2.39. The molecular formula is C12H18F3N3. The zero-order valence-corrected chi connectivity index (χ0v) is 10.7. The SMILES string of the molecule is CC(C)N(CC(F)(F)F)c1ccc([C@@H](C)N)nc1. The van der Waals surface area contributed by atoms with E-state index in [0.717, 1.165) is 0 Å². The van der Waals surface area contributed by atoms with Crippen LogP contribution in [-0.4, -0.2) is 23.7 Å². The molecule has 0 fully saturated rings. The molecule has 0 amide bonds. The Bertz CT molecular complexity index is 371. The van der Waals surface area contributed by atoms with Crippen LogP contribution in [0.4, 0.5) is 18.9 Å². The van der Waals surface area contributed by atoms with Gasteiger partial charge in [-0.15, -0.1) is 0 Å². The first-order valence-corrected chi connectivity index (χ1v) is 5.75. The maximum atomic E-state index is 12.5. The van der Waals surface area contributed by atoms with Gasteiger partial charge in [0, 0.05) is 12.1 Å². The molecule has 0 aliphatic carbocycles. The monoisotopic (exact) mass is 261 g/mol. The van der Waals surface area contributed by atoms with Crippen molar-refractivity contribution < 1.29 is 13.2 Å². The van der Waals surface area contributed by atoms with Gasteiger partial charge in [0.25, 0.3) is 0 Å². The van der Waals surface area contributed by atoms with Crippen LogP contribution in [0.25, 0.3) is 0 Å². The Morgan fingerprint density at radius 1 is 1.28 bits per heavy atom. The summed E-state index contributed by atoms with van der Waals surface area (Å²) < 4.78 is 37.4. The minimum Gasteiger partial charge on any atom is -0.359 e. The number of halogens is 3. The van der Waals surface area contributed by atoms with Crippen molar-refractivity contribution >= 4 is 5.69 Å². The fraction of sp³-hybridized carbons (Fsp3) is 0.583. The number of nitrogens with zero attached hydrogens (tertiary/aromatic N) is 2. The van der Waals surface area contributed by atoms with Gasteiger partial charge in [-0.2, -0.15) is 13.2 Å². The van der Waals surface area contributed by atoms with Gasteiger partial charge < -0.3 is 10.6 Å². The summed E-state index contributed by atoms with van der Waals surface area (Å²) in [5.41, 5.74) is 6.76. The number of pyridine rings is 1. The highest BCUT2D eigenvalue weighted by atomic mass is 19.4. The number of nitrogens with two attached hydrogens (primary N) is 1. The normalized spacial score (nSPS) is 13.8. The Balaban J connectivity index is 2.93. The molecule has 1 heterocycles. The lowest BCUT2D eigenvalue weighted by Gasteiger charge is -2.29. The van der Waals surface area contributed by atoms with Crippen LogP contribution in [0.5, 0.6) is 0 Å². The predicted molar refractivity (Wildman–Crippen MR) is 65.4 cm³/mol. The lowest BCUT2D eigenvalue weighted by molar-refractivity contribution is -0.120. The van der Waals surface area contributed by atoms with E-state index < -0.39 is 12.7 Å². The fourth-order valence-corrected chi connectivity index (χ4v) is 1.60. The van der Waals surface area contributed by atoms with Gasteiger partial charge in [0.05, 0.1) is 17.6 Å². The van der Waals surface area contributed by atoms with Crippen molar-refractivity contribution in [2.24, 2.45) is 5.73 Å².